The molecule has 1 aliphatic carbocycles. The highest BCUT2D eigenvalue weighted by Gasteiger charge is 2.12. The third-order valence-corrected chi connectivity index (χ3v) is 2.13. The number of ketones is 1. The van der Waals surface area contributed by atoms with Crippen molar-refractivity contribution in [1.29, 1.82) is 0 Å². The van der Waals surface area contributed by atoms with Crippen molar-refractivity contribution in [3.8, 4) is 0 Å². The maximum Gasteiger partial charge on any atom is 0.160 e. The van der Waals surface area contributed by atoms with Crippen LogP contribution in [0.2, 0.25) is 0 Å². The predicted octanol–water partition coefficient (Wildman–Crippen LogP) is 2.26. The Bertz CT molecular complexity index is 361. The summed E-state index contributed by atoms with van der Waals surface area (Å²) in [6.07, 6.45) is 5.83. The molecule has 0 heterocycles. The molecular formula is C11H9O. The molecule has 1 aromatic carbocycles. The lowest BCUT2D eigenvalue weighted by Gasteiger charge is -2.03. The van der Waals surface area contributed by atoms with Crippen LogP contribution in [0.4, 0.5) is 0 Å². The molecule has 1 aliphatic rings. The standard InChI is InChI=1S/C11H9O/c1-8(12)10-6-2-4-9-5-3-7-11(9)10/h2,4-6H,7H2,1H3. The van der Waals surface area contributed by atoms with E-state index in [4.69, 9.17) is 0 Å². The number of Topliss-reactive ketones (excluding diaryl/α,β-unsaturated/α-hetero) is 1. The van der Waals surface area contributed by atoms with Crippen LogP contribution in [0.25, 0.3) is 6.08 Å². The largest absolute Gasteiger partial charge is 0.295 e. The number of allylic oxidation sites excluding steroid dienone is 1. The first-order valence-electron chi connectivity index (χ1n) is 3.98. The molecule has 2 rings (SSSR count). The van der Waals surface area contributed by atoms with E-state index < -0.39 is 0 Å². The van der Waals surface area contributed by atoms with Crippen LogP contribution in [0.3, 0.4) is 0 Å². The van der Waals surface area contributed by atoms with Crippen molar-refractivity contribution in [3.05, 3.63) is 41.0 Å². The molecule has 0 amide bonds. The van der Waals surface area contributed by atoms with Gasteiger partial charge in [0.15, 0.2) is 5.78 Å². The Hall–Kier alpha value is -1.37. The zero-order valence-electron chi connectivity index (χ0n) is 6.92. The van der Waals surface area contributed by atoms with E-state index in [1.54, 1.807) is 6.92 Å². The van der Waals surface area contributed by atoms with E-state index in [-0.39, 0.29) is 5.78 Å². The van der Waals surface area contributed by atoms with Crippen molar-refractivity contribution in [2.75, 3.05) is 0 Å². The Morgan fingerprint density at radius 3 is 3.08 bits per heavy atom. The molecule has 0 N–H and O–H groups in total. The van der Waals surface area contributed by atoms with Crippen molar-refractivity contribution < 1.29 is 4.79 Å². The van der Waals surface area contributed by atoms with E-state index in [1.165, 1.54) is 0 Å². The van der Waals surface area contributed by atoms with E-state index in [2.05, 4.69) is 6.08 Å². The van der Waals surface area contributed by atoms with Crippen LogP contribution in [0, 0.1) is 6.08 Å². The molecule has 0 bridgehead atoms. The van der Waals surface area contributed by atoms with E-state index >= 15 is 0 Å². The van der Waals surface area contributed by atoms with Gasteiger partial charge in [-0.15, -0.1) is 0 Å². The Kier molecular flexibility index (Phi) is 1.58. The highest BCUT2D eigenvalue weighted by atomic mass is 16.1. The molecule has 0 saturated carbocycles. The summed E-state index contributed by atoms with van der Waals surface area (Å²) in [6, 6.07) is 5.81. The molecule has 0 aliphatic heterocycles. The predicted molar refractivity (Wildman–Crippen MR) is 47.9 cm³/mol. The van der Waals surface area contributed by atoms with Gasteiger partial charge in [0.1, 0.15) is 0 Å². The first kappa shape index (κ1) is 7.29. The van der Waals surface area contributed by atoms with Gasteiger partial charge in [-0.1, -0.05) is 24.3 Å². The van der Waals surface area contributed by atoms with Gasteiger partial charge >= 0.3 is 0 Å². The average Bonchev–Trinajstić information content (AvgIpc) is 2.49. The highest BCUT2D eigenvalue weighted by Crippen LogP contribution is 2.22. The van der Waals surface area contributed by atoms with Crippen LogP contribution in [-0.4, -0.2) is 5.78 Å². The Labute approximate surface area is 71.7 Å². The lowest BCUT2D eigenvalue weighted by molar-refractivity contribution is 0.101. The number of rotatable bonds is 1. The summed E-state index contributed by atoms with van der Waals surface area (Å²) in [5.41, 5.74) is 3.11. The molecule has 0 saturated heterocycles. The molecule has 0 atom stereocenters. The fourth-order valence-electron chi connectivity index (χ4n) is 1.53. The number of benzene rings is 1. The summed E-state index contributed by atoms with van der Waals surface area (Å²) < 4.78 is 0. The van der Waals surface area contributed by atoms with Crippen molar-refractivity contribution in [2.24, 2.45) is 0 Å². The van der Waals surface area contributed by atoms with Gasteiger partial charge < -0.3 is 0 Å². The average molecular weight is 157 g/mol. The van der Waals surface area contributed by atoms with Crippen LogP contribution in [0.15, 0.2) is 18.2 Å². The number of fused-ring (bicyclic) bond motifs is 1. The van der Waals surface area contributed by atoms with Crippen LogP contribution >= 0.6 is 0 Å². The summed E-state index contributed by atoms with van der Waals surface area (Å²) in [6.45, 7) is 1.61. The molecule has 1 nitrogen and oxygen atoms in total. The topological polar surface area (TPSA) is 17.1 Å². The van der Waals surface area contributed by atoms with Crippen LogP contribution < -0.4 is 0 Å². The molecule has 0 unspecified atom stereocenters. The van der Waals surface area contributed by atoms with Crippen LogP contribution in [0.5, 0.6) is 0 Å². The smallest absolute Gasteiger partial charge is 0.160 e. The van der Waals surface area contributed by atoms with Gasteiger partial charge in [-0.25, -0.2) is 0 Å². The molecule has 59 valence electrons. The Morgan fingerprint density at radius 1 is 1.50 bits per heavy atom. The van der Waals surface area contributed by atoms with Gasteiger partial charge in [-0.2, -0.15) is 0 Å². The molecule has 1 heteroatoms. The second kappa shape index (κ2) is 2.59. The molecule has 0 aromatic heterocycles. The van der Waals surface area contributed by atoms with E-state index in [0.29, 0.717) is 0 Å². The molecule has 0 fully saturated rings. The van der Waals surface area contributed by atoms with Gasteiger partial charge in [0, 0.05) is 5.56 Å². The second-order valence-electron chi connectivity index (χ2n) is 2.95. The lowest BCUT2D eigenvalue weighted by atomic mass is 10.0. The zero-order chi connectivity index (χ0) is 8.55. The minimum Gasteiger partial charge on any atom is -0.295 e. The molecule has 1 aromatic rings. The summed E-state index contributed by atoms with van der Waals surface area (Å²) in [5, 5.41) is 0. The molecule has 12 heavy (non-hydrogen) atoms. The minimum atomic E-state index is 0.143. The third-order valence-electron chi connectivity index (χ3n) is 2.13. The van der Waals surface area contributed by atoms with E-state index in [0.717, 1.165) is 23.1 Å². The first-order valence-corrected chi connectivity index (χ1v) is 3.98. The van der Waals surface area contributed by atoms with Crippen molar-refractivity contribution in [2.45, 2.75) is 13.3 Å². The monoisotopic (exact) mass is 157 g/mol. The zero-order valence-corrected chi connectivity index (χ0v) is 6.92. The number of hydrogen-bond acceptors (Lipinski definition) is 1. The van der Waals surface area contributed by atoms with Gasteiger partial charge in [0.25, 0.3) is 0 Å². The normalized spacial score (nSPS) is 13.1. The van der Waals surface area contributed by atoms with E-state index in [1.807, 2.05) is 24.3 Å². The van der Waals surface area contributed by atoms with Crippen molar-refractivity contribution in [1.82, 2.24) is 0 Å². The molecular weight excluding hydrogens is 148 g/mol. The Balaban J connectivity index is 2.60. The van der Waals surface area contributed by atoms with Gasteiger partial charge in [0.2, 0.25) is 0 Å². The number of carbonyl (C=O) groups is 1. The van der Waals surface area contributed by atoms with Crippen molar-refractivity contribution >= 4 is 11.9 Å². The maximum absolute atomic E-state index is 11.2. The highest BCUT2D eigenvalue weighted by molar-refractivity contribution is 5.96. The van der Waals surface area contributed by atoms with Crippen LogP contribution in [0.1, 0.15) is 28.4 Å². The Morgan fingerprint density at radius 2 is 2.33 bits per heavy atom. The molecule has 1 radical (unpaired) electrons. The van der Waals surface area contributed by atoms with Gasteiger partial charge in [0.05, 0.1) is 0 Å². The maximum atomic E-state index is 11.2. The molecule has 0 spiro atoms. The fourth-order valence-corrected chi connectivity index (χ4v) is 1.53. The quantitative estimate of drug-likeness (QED) is 0.571. The summed E-state index contributed by atoms with van der Waals surface area (Å²) in [5.74, 6) is 0.143. The number of carbonyl (C=O) groups excluding carboxylic acids is 1. The van der Waals surface area contributed by atoms with Crippen molar-refractivity contribution in [3.63, 3.8) is 0 Å². The lowest BCUT2D eigenvalue weighted by Crippen LogP contribution is -1.98. The SMILES string of the molecule is CC(=O)c1cccc2c1C[C]=C2. The van der Waals surface area contributed by atoms with Gasteiger partial charge in [-0.3, -0.25) is 4.79 Å². The summed E-state index contributed by atoms with van der Waals surface area (Å²) in [7, 11) is 0. The minimum absolute atomic E-state index is 0.143. The fraction of sp³-hybridized carbons (Fsp3) is 0.182. The van der Waals surface area contributed by atoms with Crippen LogP contribution in [-0.2, 0) is 6.42 Å². The summed E-state index contributed by atoms with van der Waals surface area (Å²) in [4.78, 5) is 11.2. The first-order chi connectivity index (χ1) is 5.79. The van der Waals surface area contributed by atoms with Gasteiger partial charge in [-0.05, 0) is 30.5 Å². The number of hydrogen-bond donors (Lipinski definition) is 0. The van der Waals surface area contributed by atoms with E-state index in [9.17, 15) is 4.79 Å². The summed E-state index contributed by atoms with van der Waals surface area (Å²) >= 11 is 0. The second-order valence-corrected chi connectivity index (χ2v) is 2.95. The third kappa shape index (κ3) is 0.981.